The standard InChI is InChI=1S/C13H15N3/c1-2-3-4-8-16-13-11(9-14)6-5-7-12(13)10-15/h5-7,16H,2-4,8H2,1H3. The van der Waals surface area contributed by atoms with Gasteiger partial charge in [-0.2, -0.15) is 10.5 Å². The van der Waals surface area contributed by atoms with E-state index in [0.29, 0.717) is 16.8 Å². The van der Waals surface area contributed by atoms with Gasteiger partial charge in [0.25, 0.3) is 0 Å². The molecule has 3 heteroatoms. The Morgan fingerprint density at radius 1 is 1.12 bits per heavy atom. The van der Waals surface area contributed by atoms with Gasteiger partial charge in [0.1, 0.15) is 12.1 Å². The summed E-state index contributed by atoms with van der Waals surface area (Å²) in [6.07, 6.45) is 3.37. The Morgan fingerprint density at radius 2 is 1.75 bits per heavy atom. The summed E-state index contributed by atoms with van der Waals surface area (Å²) in [7, 11) is 0. The minimum absolute atomic E-state index is 0.538. The maximum atomic E-state index is 8.94. The van der Waals surface area contributed by atoms with Crippen LogP contribution in [0.15, 0.2) is 18.2 Å². The summed E-state index contributed by atoms with van der Waals surface area (Å²) in [5, 5.41) is 21.1. The van der Waals surface area contributed by atoms with Crippen molar-refractivity contribution in [2.75, 3.05) is 11.9 Å². The average molecular weight is 213 g/mol. The molecule has 0 amide bonds. The predicted octanol–water partition coefficient (Wildman–Crippen LogP) is 3.03. The molecule has 0 aliphatic rings. The summed E-state index contributed by atoms with van der Waals surface area (Å²) >= 11 is 0. The van der Waals surface area contributed by atoms with Crippen LogP contribution in [0.25, 0.3) is 0 Å². The molecule has 0 saturated heterocycles. The maximum Gasteiger partial charge on any atom is 0.101 e. The first-order chi connectivity index (χ1) is 7.83. The van der Waals surface area contributed by atoms with Gasteiger partial charge in [-0.1, -0.05) is 25.8 Å². The van der Waals surface area contributed by atoms with Crippen LogP contribution in [-0.4, -0.2) is 6.54 Å². The van der Waals surface area contributed by atoms with Crippen molar-refractivity contribution in [3.63, 3.8) is 0 Å². The van der Waals surface area contributed by atoms with Gasteiger partial charge in [0.15, 0.2) is 0 Å². The topological polar surface area (TPSA) is 59.6 Å². The lowest BCUT2D eigenvalue weighted by Crippen LogP contribution is -2.05. The van der Waals surface area contributed by atoms with Crippen LogP contribution in [0.4, 0.5) is 5.69 Å². The molecule has 0 atom stereocenters. The molecule has 0 bridgehead atoms. The molecule has 3 nitrogen and oxygen atoms in total. The first-order valence-corrected chi connectivity index (χ1v) is 5.50. The summed E-state index contributed by atoms with van der Waals surface area (Å²) in [4.78, 5) is 0. The Bertz CT molecular complexity index is 392. The zero-order valence-electron chi connectivity index (χ0n) is 9.45. The normalized spacial score (nSPS) is 9.19. The van der Waals surface area contributed by atoms with E-state index in [2.05, 4.69) is 24.4 Å². The first kappa shape index (κ1) is 12.1. The summed E-state index contributed by atoms with van der Waals surface area (Å²) < 4.78 is 0. The highest BCUT2D eigenvalue weighted by Gasteiger charge is 2.06. The molecule has 82 valence electrons. The lowest BCUT2D eigenvalue weighted by molar-refractivity contribution is 0.743. The van der Waals surface area contributed by atoms with Gasteiger partial charge >= 0.3 is 0 Å². The Labute approximate surface area is 96.3 Å². The fraction of sp³-hybridized carbons (Fsp3) is 0.385. The van der Waals surface area contributed by atoms with Crippen LogP contribution in [0.3, 0.4) is 0 Å². The van der Waals surface area contributed by atoms with E-state index >= 15 is 0 Å². The minimum atomic E-state index is 0.538. The van der Waals surface area contributed by atoms with E-state index in [0.717, 1.165) is 25.8 Å². The molecule has 0 unspecified atom stereocenters. The molecule has 0 spiro atoms. The van der Waals surface area contributed by atoms with Gasteiger partial charge in [0.2, 0.25) is 0 Å². The van der Waals surface area contributed by atoms with E-state index in [9.17, 15) is 0 Å². The number of hydrogen-bond donors (Lipinski definition) is 1. The van der Waals surface area contributed by atoms with E-state index in [-0.39, 0.29) is 0 Å². The maximum absolute atomic E-state index is 8.94. The number of unbranched alkanes of at least 4 members (excludes halogenated alkanes) is 2. The zero-order chi connectivity index (χ0) is 11.8. The molecule has 0 fully saturated rings. The first-order valence-electron chi connectivity index (χ1n) is 5.50. The number of rotatable bonds is 5. The summed E-state index contributed by atoms with van der Waals surface area (Å²) in [6, 6.07) is 9.38. The Kier molecular flexibility index (Phi) is 4.89. The molecule has 0 aliphatic heterocycles. The van der Waals surface area contributed by atoms with Crippen molar-refractivity contribution in [2.45, 2.75) is 26.2 Å². The lowest BCUT2D eigenvalue weighted by Gasteiger charge is -2.09. The third-order valence-corrected chi connectivity index (χ3v) is 2.39. The molecule has 0 saturated carbocycles. The van der Waals surface area contributed by atoms with Gasteiger partial charge in [-0.15, -0.1) is 0 Å². The largest absolute Gasteiger partial charge is 0.383 e. The number of nitrogens with one attached hydrogen (secondary N) is 1. The van der Waals surface area contributed by atoms with E-state index in [1.165, 1.54) is 0 Å². The van der Waals surface area contributed by atoms with Crippen LogP contribution < -0.4 is 5.32 Å². The van der Waals surface area contributed by atoms with Crippen LogP contribution in [0.1, 0.15) is 37.3 Å². The van der Waals surface area contributed by atoms with Crippen molar-refractivity contribution in [3.8, 4) is 12.1 Å². The quantitative estimate of drug-likeness (QED) is 0.765. The number of hydrogen-bond acceptors (Lipinski definition) is 3. The van der Waals surface area contributed by atoms with Crippen LogP contribution in [0.5, 0.6) is 0 Å². The molecular formula is C13H15N3. The van der Waals surface area contributed by atoms with E-state index in [1.807, 2.05) is 0 Å². The SMILES string of the molecule is CCCCCNc1c(C#N)cccc1C#N. The van der Waals surface area contributed by atoms with Gasteiger partial charge in [-0.3, -0.25) is 0 Å². The fourth-order valence-corrected chi connectivity index (χ4v) is 1.52. The highest BCUT2D eigenvalue weighted by atomic mass is 14.9. The highest BCUT2D eigenvalue weighted by Crippen LogP contribution is 2.19. The van der Waals surface area contributed by atoms with Crippen molar-refractivity contribution in [3.05, 3.63) is 29.3 Å². The number of nitriles is 2. The predicted molar refractivity (Wildman–Crippen MR) is 63.9 cm³/mol. The number of nitrogens with zero attached hydrogens (tertiary/aromatic N) is 2. The third-order valence-electron chi connectivity index (χ3n) is 2.39. The van der Waals surface area contributed by atoms with Gasteiger partial charge < -0.3 is 5.32 Å². The average Bonchev–Trinajstić information content (AvgIpc) is 2.34. The fourth-order valence-electron chi connectivity index (χ4n) is 1.52. The smallest absolute Gasteiger partial charge is 0.101 e. The number of benzene rings is 1. The van der Waals surface area contributed by atoms with Crippen LogP contribution in [-0.2, 0) is 0 Å². The second-order valence-corrected chi connectivity index (χ2v) is 3.59. The molecule has 1 aromatic carbocycles. The van der Waals surface area contributed by atoms with Gasteiger partial charge in [-0.25, -0.2) is 0 Å². The van der Waals surface area contributed by atoms with Crippen molar-refractivity contribution in [1.82, 2.24) is 0 Å². The Morgan fingerprint density at radius 3 is 2.25 bits per heavy atom. The molecular weight excluding hydrogens is 198 g/mol. The molecule has 1 aromatic rings. The second-order valence-electron chi connectivity index (χ2n) is 3.59. The highest BCUT2D eigenvalue weighted by molar-refractivity contribution is 5.66. The minimum Gasteiger partial charge on any atom is -0.383 e. The van der Waals surface area contributed by atoms with Crippen LogP contribution >= 0.6 is 0 Å². The van der Waals surface area contributed by atoms with E-state index < -0.39 is 0 Å². The molecule has 16 heavy (non-hydrogen) atoms. The lowest BCUT2D eigenvalue weighted by atomic mass is 10.1. The van der Waals surface area contributed by atoms with Gasteiger partial charge in [0, 0.05) is 6.54 Å². The van der Waals surface area contributed by atoms with Crippen molar-refractivity contribution >= 4 is 5.69 Å². The van der Waals surface area contributed by atoms with Crippen LogP contribution in [0.2, 0.25) is 0 Å². The van der Waals surface area contributed by atoms with Crippen molar-refractivity contribution in [2.24, 2.45) is 0 Å². The zero-order valence-corrected chi connectivity index (χ0v) is 9.45. The third kappa shape index (κ3) is 3.00. The molecule has 1 N–H and O–H groups in total. The van der Waals surface area contributed by atoms with Crippen molar-refractivity contribution in [1.29, 1.82) is 10.5 Å². The summed E-state index contributed by atoms with van der Waals surface area (Å²) in [5.41, 5.74) is 1.75. The monoisotopic (exact) mass is 213 g/mol. The second kappa shape index (κ2) is 6.48. The number of anilines is 1. The van der Waals surface area contributed by atoms with Gasteiger partial charge in [-0.05, 0) is 18.6 Å². The van der Waals surface area contributed by atoms with Gasteiger partial charge in [0.05, 0.1) is 16.8 Å². The Hall–Kier alpha value is -2.00. The van der Waals surface area contributed by atoms with E-state index in [1.54, 1.807) is 18.2 Å². The molecule has 0 heterocycles. The molecule has 1 rings (SSSR count). The number of para-hydroxylation sites is 1. The van der Waals surface area contributed by atoms with E-state index in [4.69, 9.17) is 10.5 Å². The molecule has 0 aliphatic carbocycles. The Balaban J connectivity index is 2.77. The summed E-state index contributed by atoms with van der Waals surface area (Å²) in [6.45, 7) is 2.95. The molecule has 0 radical (unpaired) electrons. The van der Waals surface area contributed by atoms with Crippen molar-refractivity contribution < 1.29 is 0 Å². The molecule has 0 aromatic heterocycles. The van der Waals surface area contributed by atoms with Crippen LogP contribution in [0, 0.1) is 22.7 Å². The summed E-state index contributed by atoms with van der Waals surface area (Å²) in [5.74, 6) is 0.